The van der Waals surface area contributed by atoms with Crippen molar-refractivity contribution in [2.75, 3.05) is 52.9 Å². The van der Waals surface area contributed by atoms with Gasteiger partial charge < -0.3 is 33.0 Å². The average Bonchev–Trinajstić information content (AvgIpc) is 3.63. The predicted molar refractivity (Wildman–Crippen MR) is 206 cm³/mol. The highest BCUT2D eigenvalue weighted by Gasteiger charge is 2.44. The second kappa shape index (κ2) is 17.2. The summed E-state index contributed by atoms with van der Waals surface area (Å²) in [5.41, 5.74) is 4.79. The summed E-state index contributed by atoms with van der Waals surface area (Å²) in [6, 6.07) is 16.0. The number of imide groups is 2. The molecule has 4 amide bonds. The van der Waals surface area contributed by atoms with E-state index in [0.717, 1.165) is 45.3 Å². The minimum atomic E-state index is -1.01. The van der Waals surface area contributed by atoms with Crippen molar-refractivity contribution in [3.63, 3.8) is 0 Å². The van der Waals surface area contributed by atoms with E-state index in [1.807, 2.05) is 36.8 Å². The van der Waals surface area contributed by atoms with E-state index < -0.39 is 29.7 Å². The zero-order valence-electron chi connectivity index (χ0n) is 31.5. The fourth-order valence-electron chi connectivity index (χ4n) is 7.35. The van der Waals surface area contributed by atoms with Gasteiger partial charge in [-0.25, -0.2) is 4.98 Å². The van der Waals surface area contributed by atoms with Gasteiger partial charge >= 0.3 is 0 Å². The molecule has 8 rings (SSSR count). The Hall–Kier alpha value is -5.74. The number of carbonyl (C=O) groups is 4. The van der Waals surface area contributed by atoms with Crippen molar-refractivity contribution >= 4 is 45.4 Å². The number of amides is 4. The normalized spacial score (nSPS) is 19.2. The van der Waals surface area contributed by atoms with Crippen LogP contribution in [0.5, 0.6) is 11.6 Å². The zero-order chi connectivity index (χ0) is 39.3. The molecular weight excluding hydrogens is 734 g/mol. The first kappa shape index (κ1) is 38.1. The van der Waals surface area contributed by atoms with E-state index >= 15 is 0 Å². The molecule has 296 valence electrons. The number of pyridine rings is 2. The van der Waals surface area contributed by atoms with E-state index in [1.54, 1.807) is 6.07 Å². The number of piperidine rings is 1. The molecule has 1 saturated heterocycles. The molecule has 1 saturated carbocycles. The van der Waals surface area contributed by atoms with Crippen LogP contribution in [0.2, 0.25) is 0 Å². The minimum Gasteiger partial charge on any atom is -0.491 e. The highest BCUT2D eigenvalue weighted by Crippen LogP contribution is 2.33. The third-order valence-electron chi connectivity index (χ3n) is 10.5. The molecule has 1 N–H and O–H groups in total. The van der Waals surface area contributed by atoms with Crippen molar-refractivity contribution in [1.29, 1.82) is 0 Å². The van der Waals surface area contributed by atoms with E-state index in [4.69, 9.17) is 28.4 Å². The van der Waals surface area contributed by atoms with E-state index in [9.17, 15) is 19.2 Å². The van der Waals surface area contributed by atoms with Gasteiger partial charge in [0.2, 0.25) is 17.7 Å². The number of ether oxygens (including phenoxy) is 6. The Morgan fingerprint density at radius 1 is 0.719 bits per heavy atom. The highest BCUT2D eigenvalue weighted by atomic mass is 16.6. The van der Waals surface area contributed by atoms with Crippen LogP contribution in [0, 0.1) is 0 Å². The minimum absolute atomic E-state index is 0.0632. The van der Waals surface area contributed by atoms with Gasteiger partial charge in [-0.2, -0.15) is 0 Å². The van der Waals surface area contributed by atoms with Crippen LogP contribution in [0.4, 0.5) is 0 Å². The molecule has 2 fully saturated rings. The number of hydrogen-bond acceptors (Lipinski definition) is 12. The zero-order valence-corrected chi connectivity index (χ0v) is 31.5. The van der Waals surface area contributed by atoms with Crippen molar-refractivity contribution in [2.45, 2.75) is 43.9 Å². The number of benzene rings is 2. The number of hydrogen-bond donors (Lipinski definition) is 1. The Morgan fingerprint density at radius 3 is 2.21 bits per heavy atom. The largest absolute Gasteiger partial charge is 0.491 e. The summed E-state index contributed by atoms with van der Waals surface area (Å²) in [5.74, 6) is -1.21. The van der Waals surface area contributed by atoms with E-state index in [0.29, 0.717) is 57.9 Å². The van der Waals surface area contributed by atoms with Gasteiger partial charge in [-0.05, 0) is 48.4 Å². The predicted octanol–water partition coefficient (Wildman–Crippen LogP) is 4.24. The van der Waals surface area contributed by atoms with Crippen LogP contribution >= 0.6 is 0 Å². The molecule has 1 atom stereocenters. The molecule has 15 nitrogen and oxygen atoms in total. The Balaban J connectivity index is 0.639. The van der Waals surface area contributed by atoms with Gasteiger partial charge in [-0.15, -0.1) is 0 Å². The summed E-state index contributed by atoms with van der Waals surface area (Å²) in [7, 11) is 2.08. The molecule has 5 heterocycles. The number of aryl methyl sites for hydroxylation is 1. The number of fused-ring (bicyclic) bond motifs is 4. The average molecular weight is 778 g/mol. The second-order valence-electron chi connectivity index (χ2n) is 14.1. The van der Waals surface area contributed by atoms with Crippen LogP contribution < -0.4 is 14.8 Å². The maximum Gasteiger partial charge on any atom is 0.262 e. The number of nitrogens with zero attached hydrogens (tertiary/aromatic N) is 4. The Kier molecular flexibility index (Phi) is 11.5. The molecule has 0 spiro atoms. The molecule has 15 heteroatoms. The first-order valence-corrected chi connectivity index (χ1v) is 19.1. The molecule has 5 aromatic rings. The van der Waals surface area contributed by atoms with Gasteiger partial charge in [-0.1, -0.05) is 12.1 Å². The summed E-state index contributed by atoms with van der Waals surface area (Å²) >= 11 is 0. The Morgan fingerprint density at radius 2 is 1.46 bits per heavy atom. The third-order valence-corrected chi connectivity index (χ3v) is 10.5. The summed E-state index contributed by atoms with van der Waals surface area (Å²) < 4.78 is 36.6. The fourth-order valence-corrected chi connectivity index (χ4v) is 7.35. The molecular formula is C42H43N5O10. The van der Waals surface area contributed by atoms with Gasteiger partial charge in [0.25, 0.3) is 11.8 Å². The highest BCUT2D eigenvalue weighted by molar-refractivity contribution is 6.23. The van der Waals surface area contributed by atoms with E-state index in [-0.39, 0.29) is 42.8 Å². The van der Waals surface area contributed by atoms with Gasteiger partial charge in [0.05, 0.1) is 69.0 Å². The summed E-state index contributed by atoms with van der Waals surface area (Å²) in [5, 5.41) is 4.51. The smallest absolute Gasteiger partial charge is 0.262 e. The van der Waals surface area contributed by atoms with Crippen molar-refractivity contribution in [3.8, 4) is 22.8 Å². The quantitative estimate of drug-likeness (QED) is 0.0994. The lowest BCUT2D eigenvalue weighted by Gasteiger charge is -2.34. The van der Waals surface area contributed by atoms with Crippen molar-refractivity contribution in [3.05, 3.63) is 84.3 Å². The molecule has 0 radical (unpaired) electrons. The van der Waals surface area contributed by atoms with Gasteiger partial charge in [0.1, 0.15) is 24.5 Å². The molecule has 3 aromatic heterocycles. The standard InChI is InChI=1S/C42H43N5O10/c1-46-35-10-11-43-25-34(35)31-5-2-26(20-37(31)46)27-3-9-39(44-24-27)57-30-21-29(22-30)56-19-17-54-15-13-52-12-14-53-16-18-55-28-4-6-32-33(23-28)42(51)47(41(32)50)36-7-8-38(48)45-40(36)49/h2-6,9-11,20,23-25,29-30,36H,7-8,12-19,21-22H2,1H3,(H,45,48,49)/t29-,30-,36?. The number of rotatable bonds is 18. The summed E-state index contributed by atoms with van der Waals surface area (Å²) in [6.07, 6.45) is 7.59. The summed E-state index contributed by atoms with van der Waals surface area (Å²) in [6.45, 7) is 3.13. The van der Waals surface area contributed by atoms with Crippen LogP contribution in [-0.4, -0.2) is 114 Å². The fraction of sp³-hybridized carbons (Fsp3) is 0.381. The van der Waals surface area contributed by atoms with Gasteiger partial charge in [-0.3, -0.25) is 34.4 Å². The lowest BCUT2D eigenvalue weighted by Crippen LogP contribution is -2.54. The third kappa shape index (κ3) is 8.37. The van der Waals surface area contributed by atoms with Gasteiger partial charge in [0, 0.05) is 72.8 Å². The van der Waals surface area contributed by atoms with E-state index in [2.05, 4.69) is 45.1 Å². The number of carbonyl (C=O) groups excluding carboxylic acids is 4. The lowest BCUT2D eigenvalue weighted by atomic mass is 9.92. The van der Waals surface area contributed by atoms with E-state index in [1.165, 1.54) is 17.5 Å². The molecule has 1 aliphatic carbocycles. The number of nitrogens with one attached hydrogen (secondary N) is 1. The topological polar surface area (TPSA) is 170 Å². The molecule has 0 bridgehead atoms. The maximum absolute atomic E-state index is 13.0. The van der Waals surface area contributed by atoms with Crippen LogP contribution in [0.15, 0.2) is 73.2 Å². The van der Waals surface area contributed by atoms with Crippen molar-refractivity contribution in [1.82, 2.24) is 24.8 Å². The Bertz CT molecular complexity index is 2290. The van der Waals surface area contributed by atoms with Crippen LogP contribution in [0.3, 0.4) is 0 Å². The second-order valence-corrected chi connectivity index (χ2v) is 14.1. The van der Waals surface area contributed by atoms with Crippen LogP contribution in [0.25, 0.3) is 32.9 Å². The molecule has 3 aliphatic rings. The maximum atomic E-state index is 13.0. The number of aromatic nitrogens is 3. The molecule has 1 unspecified atom stereocenters. The van der Waals surface area contributed by atoms with Gasteiger partial charge in [0.15, 0.2) is 0 Å². The van der Waals surface area contributed by atoms with Crippen molar-refractivity contribution in [2.24, 2.45) is 7.05 Å². The molecule has 2 aliphatic heterocycles. The van der Waals surface area contributed by atoms with Crippen LogP contribution in [-0.2, 0) is 35.6 Å². The SMILES string of the molecule is Cn1c2ccncc2c2ccc(-c3ccc(O[C@H]4C[C@H](OCCOCCOCCOCCOc5ccc6c(c5)C(=O)N(C5CCC(=O)NC5=O)C6=O)C4)nc3)cc21. The Labute approximate surface area is 328 Å². The first-order chi connectivity index (χ1) is 27.8. The molecule has 57 heavy (non-hydrogen) atoms. The van der Waals surface area contributed by atoms with Crippen LogP contribution in [0.1, 0.15) is 46.4 Å². The lowest BCUT2D eigenvalue weighted by molar-refractivity contribution is -0.136. The monoisotopic (exact) mass is 777 g/mol. The van der Waals surface area contributed by atoms with Crippen molar-refractivity contribution < 1.29 is 47.6 Å². The molecule has 2 aromatic carbocycles. The summed E-state index contributed by atoms with van der Waals surface area (Å²) in [4.78, 5) is 59.3. The first-order valence-electron chi connectivity index (χ1n) is 19.1.